The van der Waals surface area contributed by atoms with Gasteiger partial charge >= 0.3 is 6.01 Å². The number of amides is 1. The molecule has 0 radical (unpaired) electrons. The molecule has 0 unspecified atom stereocenters. The van der Waals surface area contributed by atoms with E-state index in [4.69, 9.17) is 4.52 Å². The monoisotopic (exact) mass is 339 g/mol. The molecule has 2 aromatic heterocycles. The Bertz CT molecular complexity index is 614. The topological polar surface area (TPSA) is 92.9 Å². The molecule has 0 saturated heterocycles. The van der Waals surface area contributed by atoms with Gasteiger partial charge in [0.05, 0.1) is 5.56 Å². The van der Waals surface area contributed by atoms with E-state index in [9.17, 15) is 4.79 Å². The Morgan fingerprint density at radius 2 is 2.30 bits per heavy atom. The van der Waals surface area contributed by atoms with Crippen LogP contribution < -0.4 is 10.6 Å². The third kappa shape index (κ3) is 3.53. The predicted molar refractivity (Wildman–Crippen MR) is 77.7 cm³/mol. The quantitative estimate of drug-likeness (QED) is 0.869. The van der Waals surface area contributed by atoms with E-state index >= 15 is 0 Å². The lowest BCUT2D eigenvalue weighted by molar-refractivity contribution is 0.102. The Morgan fingerprint density at radius 1 is 1.50 bits per heavy atom. The molecule has 2 rings (SSSR count). The first-order valence-corrected chi connectivity index (χ1v) is 6.90. The first-order valence-electron chi connectivity index (χ1n) is 6.11. The summed E-state index contributed by atoms with van der Waals surface area (Å²) in [5, 5.41) is 9.26. The van der Waals surface area contributed by atoms with Crippen LogP contribution in [0.1, 0.15) is 29.5 Å². The molecular formula is C12H14BrN5O2. The number of halogens is 1. The van der Waals surface area contributed by atoms with E-state index in [2.05, 4.69) is 41.7 Å². The van der Waals surface area contributed by atoms with Gasteiger partial charge in [0.1, 0.15) is 5.82 Å². The lowest BCUT2D eigenvalue weighted by atomic mass is 10.2. The Labute approximate surface area is 124 Å². The van der Waals surface area contributed by atoms with Crippen molar-refractivity contribution in [1.82, 2.24) is 15.1 Å². The molecule has 2 aromatic rings. The third-order valence-corrected chi connectivity index (χ3v) is 2.82. The lowest BCUT2D eigenvalue weighted by Gasteiger charge is -2.09. The second kappa shape index (κ2) is 6.47. The molecule has 0 fully saturated rings. The van der Waals surface area contributed by atoms with Gasteiger partial charge in [-0.3, -0.25) is 10.1 Å². The minimum Gasteiger partial charge on any atom is -0.369 e. The first-order chi connectivity index (χ1) is 9.60. The van der Waals surface area contributed by atoms with Crippen molar-refractivity contribution >= 4 is 33.7 Å². The molecule has 106 valence electrons. The summed E-state index contributed by atoms with van der Waals surface area (Å²) in [7, 11) is 0. The Morgan fingerprint density at radius 3 is 2.95 bits per heavy atom. The molecule has 0 aliphatic heterocycles. The second-order valence-electron chi connectivity index (χ2n) is 4.08. The zero-order valence-corrected chi connectivity index (χ0v) is 12.7. The number of nitrogens with one attached hydrogen (secondary N) is 2. The Hall–Kier alpha value is -1.96. The standard InChI is InChI=1S/C12H14BrN5O2/c1-3-4-14-10-9(5-8(13)6-15-10)11(19)17-12-16-7(2)18-20-12/h5-6H,3-4H2,1-2H3,(H,14,15)(H,16,17,18,19). The van der Waals surface area contributed by atoms with E-state index < -0.39 is 0 Å². The molecule has 0 bridgehead atoms. The molecule has 1 amide bonds. The highest BCUT2D eigenvalue weighted by Crippen LogP contribution is 2.19. The number of hydrogen-bond donors (Lipinski definition) is 2. The number of anilines is 2. The average Bonchev–Trinajstić information content (AvgIpc) is 2.82. The maximum atomic E-state index is 12.2. The van der Waals surface area contributed by atoms with E-state index in [-0.39, 0.29) is 11.9 Å². The van der Waals surface area contributed by atoms with Crippen LogP contribution in [0.2, 0.25) is 0 Å². The van der Waals surface area contributed by atoms with Gasteiger partial charge < -0.3 is 9.84 Å². The normalized spacial score (nSPS) is 10.3. The molecule has 20 heavy (non-hydrogen) atoms. The van der Waals surface area contributed by atoms with Gasteiger partial charge in [0.25, 0.3) is 5.91 Å². The second-order valence-corrected chi connectivity index (χ2v) is 4.99. The van der Waals surface area contributed by atoms with Crippen molar-refractivity contribution in [2.45, 2.75) is 20.3 Å². The molecular weight excluding hydrogens is 326 g/mol. The number of hydrogen-bond acceptors (Lipinski definition) is 6. The molecule has 0 aliphatic rings. The van der Waals surface area contributed by atoms with E-state index in [1.807, 2.05) is 6.92 Å². The van der Waals surface area contributed by atoms with Gasteiger partial charge in [-0.15, -0.1) is 0 Å². The van der Waals surface area contributed by atoms with Crippen molar-refractivity contribution in [3.63, 3.8) is 0 Å². The molecule has 7 nitrogen and oxygen atoms in total. The summed E-state index contributed by atoms with van der Waals surface area (Å²) in [6, 6.07) is 1.75. The van der Waals surface area contributed by atoms with Crippen molar-refractivity contribution in [2.24, 2.45) is 0 Å². The van der Waals surface area contributed by atoms with Crippen LogP contribution in [0.15, 0.2) is 21.3 Å². The molecule has 2 heterocycles. The maximum absolute atomic E-state index is 12.2. The summed E-state index contributed by atoms with van der Waals surface area (Å²) < 4.78 is 5.58. The number of carbonyl (C=O) groups is 1. The first kappa shape index (κ1) is 14.4. The molecule has 0 spiro atoms. The summed E-state index contributed by atoms with van der Waals surface area (Å²) in [6.45, 7) is 4.44. The summed E-state index contributed by atoms with van der Waals surface area (Å²) >= 11 is 3.30. The van der Waals surface area contributed by atoms with E-state index in [1.165, 1.54) is 0 Å². The summed E-state index contributed by atoms with van der Waals surface area (Å²) in [5.74, 6) is 0.613. The SMILES string of the molecule is CCCNc1ncc(Br)cc1C(=O)Nc1nc(C)no1. The number of pyridine rings is 1. The highest BCUT2D eigenvalue weighted by molar-refractivity contribution is 9.10. The van der Waals surface area contributed by atoms with Crippen LogP contribution in [0.4, 0.5) is 11.8 Å². The number of rotatable bonds is 5. The lowest BCUT2D eigenvalue weighted by Crippen LogP contribution is -2.16. The molecule has 0 aliphatic carbocycles. The maximum Gasteiger partial charge on any atom is 0.328 e. The van der Waals surface area contributed by atoms with Crippen LogP contribution >= 0.6 is 15.9 Å². The zero-order chi connectivity index (χ0) is 14.5. The van der Waals surface area contributed by atoms with Gasteiger partial charge in [0.15, 0.2) is 5.82 Å². The molecule has 8 heteroatoms. The van der Waals surface area contributed by atoms with Crippen LogP contribution in [0.3, 0.4) is 0 Å². The highest BCUT2D eigenvalue weighted by atomic mass is 79.9. The van der Waals surface area contributed by atoms with E-state index in [1.54, 1.807) is 19.2 Å². The van der Waals surface area contributed by atoms with Crippen LogP contribution in [0.25, 0.3) is 0 Å². The van der Waals surface area contributed by atoms with E-state index in [0.29, 0.717) is 21.7 Å². The Kier molecular flexibility index (Phi) is 4.67. The van der Waals surface area contributed by atoms with Gasteiger partial charge in [0, 0.05) is 17.2 Å². The minimum atomic E-state index is -0.360. The third-order valence-electron chi connectivity index (χ3n) is 2.39. The summed E-state index contributed by atoms with van der Waals surface area (Å²) in [4.78, 5) is 20.3. The Balaban J connectivity index is 2.21. The van der Waals surface area contributed by atoms with Gasteiger partial charge in [-0.05, 0) is 35.3 Å². The minimum absolute atomic E-state index is 0.0638. The zero-order valence-electron chi connectivity index (χ0n) is 11.1. The van der Waals surface area contributed by atoms with Crippen molar-refractivity contribution in [2.75, 3.05) is 17.2 Å². The van der Waals surface area contributed by atoms with Crippen molar-refractivity contribution in [3.8, 4) is 0 Å². The van der Waals surface area contributed by atoms with Gasteiger partial charge in [-0.25, -0.2) is 4.98 Å². The number of aromatic nitrogens is 3. The van der Waals surface area contributed by atoms with Crippen molar-refractivity contribution in [3.05, 3.63) is 28.1 Å². The van der Waals surface area contributed by atoms with Gasteiger partial charge in [-0.2, -0.15) is 4.98 Å². The van der Waals surface area contributed by atoms with E-state index in [0.717, 1.165) is 13.0 Å². The fraction of sp³-hybridized carbons (Fsp3) is 0.333. The fourth-order valence-corrected chi connectivity index (χ4v) is 1.84. The van der Waals surface area contributed by atoms with Crippen LogP contribution in [-0.4, -0.2) is 27.6 Å². The molecule has 0 aromatic carbocycles. The van der Waals surface area contributed by atoms with Crippen molar-refractivity contribution in [1.29, 1.82) is 0 Å². The number of aryl methyl sites for hydroxylation is 1. The summed E-state index contributed by atoms with van der Waals surface area (Å²) in [6.07, 6.45) is 2.56. The molecule has 2 N–H and O–H groups in total. The average molecular weight is 340 g/mol. The molecule has 0 atom stereocenters. The smallest absolute Gasteiger partial charge is 0.328 e. The number of carbonyl (C=O) groups excluding carboxylic acids is 1. The fourth-order valence-electron chi connectivity index (χ4n) is 1.51. The highest BCUT2D eigenvalue weighted by Gasteiger charge is 2.16. The van der Waals surface area contributed by atoms with Crippen LogP contribution in [0, 0.1) is 6.92 Å². The van der Waals surface area contributed by atoms with Gasteiger partial charge in [-0.1, -0.05) is 12.1 Å². The predicted octanol–water partition coefficient (Wildman–Crippen LogP) is 2.61. The van der Waals surface area contributed by atoms with Crippen LogP contribution in [-0.2, 0) is 0 Å². The van der Waals surface area contributed by atoms with Crippen LogP contribution in [0.5, 0.6) is 0 Å². The molecule has 0 saturated carbocycles. The van der Waals surface area contributed by atoms with Crippen molar-refractivity contribution < 1.29 is 9.32 Å². The van der Waals surface area contributed by atoms with Gasteiger partial charge in [0.2, 0.25) is 0 Å². The summed E-state index contributed by atoms with van der Waals surface area (Å²) in [5.41, 5.74) is 0.406. The number of nitrogens with zero attached hydrogens (tertiary/aromatic N) is 3. The largest absolute Gasteiger partial charge is 0.369 e.